The summed E-state index contributed by atoms with van der Waals surface area (Å²) in [5, 5.41) is 0. The number of hydrogen-bond donors (Lipinski definition) is 0. The zero-order valence-corrected chi connectivity index (χ0v) is 11.9. The van der Waals surface area contributed by atoms with E-state index in [-0.39, 0.29) is 5.97 Å². The maximum Gasteiger partial charge on any atom is 0.305 e. The molecule has 19 heavy (non-hydrogen) atoms. The molecule has 0 amide bonds. The lowest BCUT2D eigenvalue weighted by molar-refractivity contribution is -0.140. The molecule has 1 rings (SSSR count). The lowest BCUT2D eigenvalue weighted by atomic mass is 10.0. The van der Waals surface area contributed by atoms with Crippen LogP contribution < -0.4 is 0 Å². The third-order valence-electron chi connectivity index (χ3n) is 3.17. The number of ether oxygens (including phenoxy) is 1. The standard InChI is InChI=1S/C17H24O2/c1-19-17(18)15-11-7-3-6-10-14-16-12-8-4-2-5-9-13-16/h2,8-9,12-13H,3-4,6-7,10-11,14-15H2,1H3/b12-8-,16-13+. The van der Waals surface area contributed by atoms with Crippen molar-refractivity contribution in [3.63, 3.8) is 0 Å². The second-order valence-corrected chi connectivity index (χ2v) is 4.76. The van der Waals surface area contributed by atoms with Gasteiger partial charge in [0.1, 0.15) is 0 Å². The van der Waals surface area contributed by atoms with Crippen LogP contribution in [-0.2, 0) is 9.53 Å². The fourth-order valence-electron chi connectivity index (χ4n) is 2.03. The highest BCUT2D eigenvalue weighted by atomic mass is 16.5. The number of methoxy groups -OCH3 is 1. The van der Waals surface area contributed by atoms with Crippen LogP contribution in [0.3, 0.4) is 0 Å². The summed E-state index contributed by atoms with van der Waals surface area (Å²) in [6, 6.07) is 0. The molecule has 0 spiro atoms. The van der Waals surface area contributed by atoms with Crippen LogP contribution in [0, 0.1) is 0 Å². The minimum Gasteiger partial charge on any atom is -0.469 e. The highest BCUT2D eigenvalue weighted by Gasteiger charge is 1.99. The maximum absolute atomic E-state index is 10.9. The molecule has 0 unspecified atom stereocenters. The number of unbranched alkanes of at least 4 members (excludes halogenated alkanes) is 4. The van der Waals surface area contributed by atoms with Gasteiger partial charge in [0.15, 0.2) is 0 Å². The number of esters is 1. The molecular weight excluding hydrogens is 236 g/mol. The highest BCUT2D eigenvalue weighted by Crippen LogP contribution is 2.14. The highest BCUT2D eigenvalue weighted by molar-refractivity contribution is 5.68. The first kappa shape index (κ1) is 15.5. The van der Waals surface area contributed by atoms with Crippen LogP contribution in [0.1, 0.15) is 51.4 Å². The van der Waals surface area contributed by atoms with Crippen molar-refractivity contribution in [3.8, 4) is 0 Å². The Hall–Kier alpha value is -1.53. The molecule has 0 aliphatic heterocycles. The van der Waals surface area contributed by atoms with Gasteiger partial charge in [0.25, 0.3) is 0 Å². The summed E-state index contributed by atoms with van der Waals surface area (Å²) < 4.78 is 4.61. The van der Waals surface area contributed by atoms with E-state index in [9.17, 15) is 4.79 Å². The van der Waals surface area contributed by atoms with Gasteiger partial charge in [-0.2, -0.15) is 0 Å². The molecule has 0 aromatic carbocycles. The van der Waals surface area contributed by atoms with Crippen molar-refractivity contribution >= 4 is 5.97 Å². The molecule has 1 aliphatic rings. The first-order valence-corrected chi connectivity index (χ1v) is 7.16. The van der Waals surface area contributed by atoms with Gasteiger partial charge in [0.05, 0.1) is 7.11 Å². The quantitative estimate of drug-likeness (QED) is 0.365. The van der Waals surface area contributed by atoms with Gasteiger partial charge in [-0.15, -0.1) is 5.73 Å². The normalized spacial score (nSPS) is 18.3. The van der Waals surface area contributed by atoms with E-state index in [1.54, 1.807) is 0 Å². The van der Waals surface area contributed by atoms with Crippen LogP contribution in [0.5, 0.6) is 0 Å². The third-order valence-corrected chi connectivity index (χ3v) is 3.17. The molecule has 0 saturated carbocycles. The Balaban J connectivity index is 2.04. The van der Waals surface area contributed by atoms with Crippen molar-refractivity contribution in [2.24, 2.45) is 0 Å². The molecule has 0 aromatic heterocycles. The Bertz CT molecular complexity index is 382. The molecule has 0 aromatic rings. The van der Waals surface area contributed by atoms with Crippen molar-refractivity contribution in [2.45, 2.75) is 51.4 Å². The third kappa shape index (κ3) is 8.23. The van der Waals surface area contributed by atoms with E-state index in [1.165, 1.54) is 31.9 Å². The number of carbonyl (C=O) groups is 1. The van der Waals surface area contributed by atoms with Crippen molar-refractivity contribution in [2.75, 3.05) is 7.11 Å². The Morgan fingerprint density at radius 2 is 2.05 bits per heavy atom. The van der Waals surface area contributed by atoms with Crippen LogP contribution in [0.2, 0.25) is 0 Å². The van der Waals surface area contributed by atoms with Gasteiger partial charge >= 0.3 is 5.97 Å². The summed E-state index contributed by atoms with van der Waals surface area (Å²) in [5.41, 5.74) is 4.51. The van der Waals surface area contributed by atoms with Gasteiger partial charge in [0, 0.05) is 6.42 Å². The summed E-state index contributed by atoms with van der Waals surface area (Å²) in [7, 11) is 1.45. The average molecular weight is 260 g/mol. The first-order valence-electron chi connectivity index (χ1n) is 7.16. The van der Waals surface area contributed by atoms with Gasteiger partial charge in [-0.25, -0.2) is 0 Å². The minimum absolute atomic E-state index is 0.0929. The van der Waals surface area contributed by atoms with Gasteiger partial charge in [0.2, 0.25) is 0 Å². The Morgan fingerprint density at radius 1 is 1.26 bits per heavy atom. The summed E-state index contributed by atoms with van der Waals surface area (Å²) >= 11 is 0. The zero-order chi connectivity index (χ0) is 13.8. The Labute approximate surface area is 116 Å². The summed E-state index contributed by atoms with van der Waals surface area (Å²) in [5.74, 6) is -0.0929. The molecule has 0 heterocycles. The van der Waals surface area contributed by atoms with Crippen LogP contribution in [0.25, 0.3) is 0 Å². The number of carbonyl (C=O) groups excluding carboxylic acids is 1. The van der Waals surface area contributed by atoms with E-state index in [4.69, 9.17) is 0 Å². The summed E-state index contributed by atoms with van der Waals surface area (Å²) in [4.78, 5) is 10.9. The number of rotatable bonds is 8. The maximum atomic E-state index is 10.9. The fraction of sp³-hybridized carbons (Fsp3) is 0.529. The van der Waals surface area contributed by atoms with Crippen LogP contribution in [0.15, 0.2) is 41.7 Å². The van der Waals surface area contributed by atoms with E-state index in [2.05, 4.69) is 28.7 Å². The zero-order valence-electron chi connectivity index (χ0n) is 11.9. The van der Waals surface area contributed by atoms with Crippen LogP contribution in [-0.4, -0.2) is 13.1 Å². The predicted octanol–water partition coefficient (Wildman–Crippen LogP) is 4.49. The van der Waals surface area contributed by atoms with Gasteiger partial charge in [-0.1, -0.05) is 37.5 Å². The summed E-state index contributed by atoms with van der Waals surface area (Å²) in [6.07, 6.45) is 18.9. The molecular formula is C17H24O2. The van der Waals surface area contributed by atoms with E-state index in [0.717, 1.165) is 25.7 Å². The molecule has 2 heteroatoms. The molecule has 0 fully saturated rings. The van der Waals surface area contributed by atoms with Crippen molar-refractivity contribution in [3.05, 3.63) is 41.7 Å². The van der Waals surface area contributed by atoms with Gasteiger partial charge < -0.3 is 4.74 Å². The predicted molar refractivity (Wildman–Crippen MR) is 78.8 cm³/mol. The van der Waals surface area contributed by atoms with E-state index in [1.807, 2.05) is 12.2 Å². The Morgan fingerprint density at radius 3 is 2.89 bits per heavy atom. The smallest absolute Gasteiger partial charge is 0.305 e. The molecule has 2 nitrogen and oxygen atoms in total. The number of hydrogen-bond acceptors (Lipinski definition) is 2. The number of allylic oxidation sites excluding steroid dienone is 5. The molecule has 0 bridgehead atoms. The largest absolute Gasteiger partial charge is 0.469 e. The Kier molecular flexibility index (Phi) is 8.50. The van der Waals surface area contributed by atoms with Crippen LogP contribution >= 0.6 is 0 Å². The molecule has 0 atom stereocenters. The average Bonchev–Trinajstić information content (AvgIpc) is 2.39. The van der Waals surface area contributed by atoms with E-state index < -0.39 is 0 Å². The molecule has 0 radical (unpaired) electrons. The second-order valence-electron chi connectivity index (χ2n) is 4.76. The second kappa shape index (κ2) is 10.4. The molecule has 0 saturated heterocycles. The van der Waals surface area contributed by atoms with Gasteiger partial charge in [-0.05, 0) is 43.4 Å². The van der Waals surface area contributed by atoms with Crippen molar-refractivity contribution in [1.29, 1.82) is 0 Å². The molecule has 0 N–H and O–H groups in total. The molecule has 104 valence electrons. The topological polar surface area (TPSA) is 26.3 Å². The fourth-order valence-corrected chi connectivity index (χ4v) is 2.03. The van der Waals surface area contributed by atoms with E-state index in [0.29, 0.717) is 6.42 Å². The van der Waals surface area contributed by atoms with Gasteiger partial charge in [-0.3, -0.25) is 4.79 Å². The minimum atomic E-state index is -0.0929. The van der Waals surface area contributed by atoms with Crippen molar-refractivity contribution in [1.82, 2.24) is 0 Å². The lowest BCUT2D eigenvalue weighted by Gasteiger charge is -2.03. The lowest BCUT2D eigenvalue weighted by Crippen LogP contribution is -1.99. The summed E-state index contributed by atoms with van der Waals surface area (Å²) in [6.45, 7) is 0. The first-order chi connectivity index (χ1) is 9.33. The SMILES string of the molecule is COC(=O)CCCCCCCC1=C/C=C=CC/C=C\1. The monoisotopic (exact) mass is 260 g/mol. The van der Waals surface area contributed by atoms with Crippen LogP contribution in [0.4, 0.5) is 0 Å². The van der Waals surface area contributed by atoms with E-state index >= 15 is 0 Å². The van der Waals surface area contributed by atoms with Crippen molar-refractivity contribution < 1.29 is 9.53 Å². The molecule has 1 aliphatic carbocycles.